The van der Waals surface area contributed by atoms with Crippen molar-refractivity contribution in [1.82, 2.24) is 5.32 Å². The summed E-state index contributed by atoms with van der Waals surface area (Å²) in [5, 5.41) is 4.11. The van der Waals surface area contributed by atoms with E-state index in [-0.39, 0.29) is 0 Å². The molecule has 0 unspecified atom stereocenters. The van der Waals surface area contributed by atoms with E-state index in [0.717, 1.165) is 35.6 Å². The number of hydrogen-bond acceptors (Lipinski definition) is 5. The van der Waals surface area contributed by atoms with E-state index in [1.165, 1.54) is 11.1 Å². The Bertz CT molecular complexity index is 1050. The molecule has 0 radical (unpaired) electrons. The minimum absolute atomic E-state index is 0.464. The van der Waals surface area contributed by atoms with E-state index in [2.05, 4.69) is 24.4 Å². The van der Waals surface area contributed by atoms with E-state index < -0.39 is 0 Å². The number of nitrogens with one attached hydrogen (secondary N) is 1. The third-order valence-corrected chi connectivity index (χ3v) is 5.76. The molecule has 0 spiro atoms. The van der Waals surface area contributed by atoms with Crippen LogP contribution in [0.5, 0.6) is 23.0 Å². The van der Waals surface area contributed by atoms with Gasteiger partial charge in [-0.15, -0.1) is 0 Å². The highest BCUT2D eigenvalue weighted by Crippen LogP contribution is 2.34. The molecule has 0 atom stereocenters. The molecule has 0 saturated heterocycles. The van der Waals surface area contributed by atoms with Crippen LogP contribution in [0, 0.1) is 6.92 Å². The largest absolute Gasteiger partial charge is 0.493 e. The third-order valence-electron chi connectivity index (χ3n) is 5.41. The fourth-order valence-electron chi connectivity index (χ4n) is 3.51. The second-order valence-electron chi connectivity index (χ2n) is 7.65. The Morgan fingerprint density at radius 3 is 2.30 bits per heavy atom. The first-order chi connectivity index (χ1) is 16.0. The van der Waals surface area contributed by atoms with Gasteiger partial charge in [0, 0.05) is 17.6 Å². The van der Waals surface area contributed by atoms with Crippen molar-refractivity contribution >= 4 is 11.6 Å². The Hall–Kier alpha value is -2.89. The summed E-state index contributed by atoms with van der Waals surface area (Å²) < 4.78 is 22.6. The predicted octanol–water partition coefficient (Wildman–Crippen LogP) is 5.98. The van der Waals surface area contributed by atoms with Gasteiger partial charge >= 0.3 is 0 Å². The molecule has 0 bridgehead atoms. The van der Waals surface area contributed by atoms with Gasteiger partial charge in [0.05, 0.1) is 20.8 Å². The van der Waals surface area contributed by atoms with Crippen molar-refractivity contribution in [2.45, 2.75) is 33.4 Å². The molecule has 0 aliphatic carbocycles. The number of aryl methyl sites for hydroxylation is 1. The van der Waals surface area contributed by atoms with Crippen LogP contribution in [0.1, 0.15) is 29.2 Å². The zero-order valence-electron chi connectivity index (χ0n) is 19.7. The van der Waals surface area contributed by atoms with Gasteiger partial charge in [-0.2, -0.15) is 0 Å². The SMILES string of the molecule is CCOc1cc(CNCCc2ccc(OC)c(OC)c2)c(Cl)cc1OCc1ccccc1C. The Morgan fingerprint density at radius 1 is 0.818 bits per heavy atom. The van der Waals surface area contributed by atoms with Crippen molar-refractivity contribution in [3.63, 3.8) is 0 Å². The highest BCUT2D eigenvalue weighted by Gasteiger charge is 2.12. The molecule has 176 valence electrons. The molecule has 0 aromatic heterocycles. The van der Waals surface area contributed by atoms with Crippen LogP contribution in [0.2, 0.25) is 5.02 Å². The summed E-state index contributed by atoms with van der Waals surface area (Å²) >= 11 is 6.58. The molecular formula is C27H32ClNO4. The van der Waals surface area contributed by atoms with E-state index >= 15 is 0 Å². The predicted molar refractivity (Wildman–Crippen MR) is 133 cm³/mol. The molecule has 0 saturated carbocycles. The molecular weight excluding hydrogens is 438 g/mol. The molecule has 6 heteroatoms. The molecule has 5 nitrogen and oxygen atoms in total. The van der Waals surface area contributed by atoms with Gasteiger partial charge in [0.2, 0.25) is 0 Å². The third kappa shape index (κ3) is 6.80. The molecule has 3 aromatic carbocycles. The smallest absolute Gasteiger partial charge is 0.163 e. The highest BCUT2D eigenvalue weighted by atomic mass is 35.5. The van der Waals surface area contributed by atoms with Gasteiger partial charge in [-0.3, -0.25) is 0 Å². The van der Waals surface area contributed by atoms with Crippen LogP contribution in [-0.2, 0) is 19.6 Å². The van der Waals surface area contributed by atoms with Gasteiger partial charge < -0.3 is 24.3 Å². The first kappa shape index (κ1) is 24.7. The van der Waals surface area contributed by atoms with E-state index in [1.54, 1.807) is 14.2 Å². The van der Waals surface area contributed by atoms with Crippen molar-refractivity contribution in [1.29, 1.82) is 0 Å². The maximum Gasteiger partial charge on any atom is 0.163 e. The lowest BCUT2D eigenvalue weighted by atomic mass is 10.1. The van der Waals surface area contributed by atoms with E-state index in [0.29, 0.717) is 36.3 Å². The Morgan fingerprint density at radius 2 is 1.58 bits per heavy atom. The number of halogens is 1. The van der Waals surface area contributed by atoms with Gasteiger partial charge in [0.25, 0.3) is 0 Å². The average molecular weight is 470 g/mol. The van der Waals surface area contributed by atoms with Gasteiger partial charge in [-0.1, -0.05) is 41.9 Å². The first-order valence-electron chi connectivity index (χ1n) is 11.1. The van der Waals surface area contributed by atoms with Gasteiger partial charge in [0.15, 0.2) is 23.0 Å². The minimum atomic E-state index is 0.464. The second-order valence-corrected chi connectivity index (χ2v) is 8.06. The Kier molecular flexibility index (Phi) is 9.28. The standard InChI is InChI=1S/C27H32ClNO4/c1-5-32-26-15-22(17-29-13-12-20-10-11-24(30-3)25(14-20)31-4)23(28)16-27(26)33-18-21-9-7-6-8-19(21)2/h6-11,14-16,29H,5,12-13,17-18H2,1-4H3. The van der Waals surface area contributed by atoms with Gasteiger partial charge in [0.1, 0.15) is 6.61 Å². The zero-order chi connectivity index (χ0) is 23.6. The molecule has 1 N–H and O–H groups in total. The van der Waals surface area contributed by atoms with Crippen LogP contribution in [-0.4, -0.2) is 27.4 Å². The van der Waals surface area contributed by atoms with Crippen LogP contribution in [0.25, 0.3) is 0 Å². The molecule has 0 fully saturated rings. The number of methoxy groups -OCH3 is 2. The number of ether oxygens (including phenoxy) is 4. The second kappa shape index (κ2) is 12.4. The average Bonchev–Trinajstić information content (AvgIpc) is 2.83. The lowest BCUT2D eigenvalue weighted by Crippen LogP contribution is -2.17. The monoisotopic (exact) mass is 469 g/mol. The number of benzene rings is 3. The normalized spacial score (nSPS) is 10.7. The summed E-state index contributed by atoms with van der Waals surface area (Å²) in [5.41, 5.74) is 4.46. The van der Waals surface area contributed by atoms with Crippen molar-refractivity contribution in [2.24, 2.45) is 0 Å². The molecule has 3 aromatic rings. The van der Waals surface area contributed by atoms with Crippen molar-refractivity contribution < 1.29 is 18.9 Å². The quantitative estimate of drug-likeness (QED) is 0.331. The molecule has 0 aliphatic heterocycles. The van der Waals surface area contributed by atoms with Crippen molar-refractivity contribution in [2.75, 3.05) is 27.4 Å². The van der Waals surface area contributed by atoms with Crippen LogP contribution in [0.3, 0.4) is 0 Å². The van der Waals surface area contributed by atoms with Crippen LogP contribution < -0.4 is 24.3 Å². The van der Waals surface area contributed by atoms with Gasteiger partial charge in [-0.05, 0) is 67.3 Å². The molecule has 0 heterocycles. The topological polar surface area (TPSA) is 49.0 Å². The Labute approximate surface area is 201 Å². The molecule has 0 aliphatic rings. The van der Waals surface area contributed by atoms with E-state index in [9.17, 15) is 0 Å². The maximum absolute atomic E-state index is 6.58. The van der Waals surface area contributed by atoms with E-state index in [1.807, 2.05) is 49.4 Å². The van der Waals surface area contributed by atoms with Crippen LogP contribution in [0.15, 0.2) is 54.6 Å². The highest BCUT2D eigenvalue weighted by molar-refractivity contribution is 6.31. The van der Waals surface area contributed by atoms with Crippen molar-refractivity contribution in [3.8, 4) is 23.0 Å². The summed E-state index contributed by atoms with van der Waals surface area (Å²) in [6, 6.07) is 18.0. The first-order valence-corrected chi connectivity index (χ1v) is 11.5. The number of hydrogen-bond donors (Lipinski definition) is 1. The zero-order valence-corrected chi connectivity index (χ0v) is 20.5. The summed E-state index contributed by atoms with van der Waals surface area (Å²) in [7, 11) is 3.28. The molecule has 33 heavy (non-hydrogen) atoms. The molecule has 0 amide bonds. The fraction of sp³-hybridized carbons (Fsp3) is 0.333. The Balaban J connectivity index is 1.61. The lowest BCUT2D eigenvalue weighted by Gasteiger charge is -2.16. The lowest BCUT2D eigenvalue weighted by molar-refractivity contribution is 0.268. The van der Waals surface area contributed by atoms with Crippen molar-refractivity contribution in [3.05, 3.63) is 81.9 Å². The van der Waals surface area contributed by atoms with Crippen LogP contribution in [0.4, 0.5) is 0 Å². The van der Waals surface area contributed by atoms with E-state index in [4.69, 9.17) is 30.5 Å². The summed E-state index contributed by atoms with van der Waals surface area (Å²) in [6.45, 7) is 6.47. The molecule has 3 rings (SSSR count). The minimum Gasteiger partial charge on any atom is -0.493 e. The number of rotatable bonds is 12. The maximum atomic E-state index is 6.58. The summed E-state index contributed by atoms with van der Waals surface area (Å²) in [4.78, 5) is 0. The summed E-state index contributed by atoms with van der Waals surface area (Å²) in [6.07, 6.45) is 0.855. The summed E-state index contributed by atoms with van der Waals surface area (Å²) in [5.74, 6) is 2.82. The van der Waals surface area contributed by atoms with Crippen LogP contribution >= 0.6 is 11.6 Å². The van der Waals surface area contributed by atoms with Gasteiger partial charge in [-0.25, -0.2) is 0 Å². The fourth-order valence-corrected chi connectivity index (χ4v) is 3.73.